The topological polar surface area (TPSA) is 24.9 Å². The molecule has 14 heavy (non-hydrogen) atoms. The van der Waals surface area contributed by atoms with Gasteiger partial charge in [0, 0.05) is 32.7 Å². The third-order valence-corrected chi connectivity index (χ3v) is 3.03. The van der Waals surface area contributed by atoms with Crippen LogP contribution in [0.3, 0.4) is 0 Å². The first-order valence-corrected chi connectivity index (χ1v) is 5.45. The number of piperazine rings is 1. The van der Waals surface area contributed by atoms with Gasteiger partial charge in [0.1, 0.15) is 6.79 Å². The second-order valence-corrected chi connectivity index (χ2v) is 4.21. The third kappa shape index (κ3) is 2.92. The van der Waals surface area contributed by atoms with Gasteiger partial charge in [0.2, 0.25) is 0 Å². The third-order valence-electron chi connectivity index (χ3n) is 3.03. The molecule has 0 aromatic heterocycles. The Morgan fingerprint density at radius 2 is 2.00 bits per heavy atom. The zero-order chi connectivity index (χ0) is 9.80. The Balaban J connectivity index is 1.68. The van der Waals surface area contributed by atoms with E-state index in [1.54, 1.807) is 0 Å². The first-order valence-electron chi connectivity index (χ1n) is 5.45. The van der Waals surface area contributed by atoms with Crippen molar-refractivity contribution in [3.63, 3.8) is 0 Å². The predicted octanol–water partition coefficient (Wildman–Crippen LogP) is -0.00320. The molecule has 0 spiro atoms. The normalized spacial score (nSPS) is 31.9. The molecule has 2 heterocycles. The number of likely N-dealkylation sites (N-methyl/N-ethyl adjacent to an activating group) is 1. The minimum absolute atomic E-state index is 0.396. The fraction of sp³-hybridized carbons (Fsp3) is 1.00. The minimum atomic E-state index is 0.396. The van der Waals surface area contributed by atoms with Crippen molar-refractivity contribution in [3.8, 4) is 0 Å². The van der Waals surface area contributed by atoms with Crippen molar-refractivity contribution in [2.45, 2.75) is 12.5 Å². The summed E-state index contributed by atoms with van der Waals surface area (Å²) in [7, 11) is 2.18. The van der Waals surface area contributed by atoms with Gasteiger partial charge in [-0.25, -0.2) is 0 Å². The molecule has 2 aliphatic heterocycles. The van der Waals surface area contributed by atoms with Gasteiger partial charge in [-0.2, -0.15) is 0 Å². The summed E-state index contributed by atoms with van der Waals surface area (Å²) < 4.78 is 10.7. The smallest absolute Gasteiger partial charge is 0.147 e. The molecule has 0 N–H and O–H groups in total. The summed E-state index contributed by atoms with van der Waals surface area (Å²) in [5, 5.41) is 0. The van der Waals surface area contributed by atoms with Gasteiger partial charge in [-0.15, -0.1) is 0 Å². The Hall–Kier alpha value is -0.160. The van der Waals surface area contributed by atoms with Crippen LogP contribution in [0, 0.1) is 0 Å². The fourth-order valence-corrected chi connectivity index (χ4v) is 1.96. The average molecular weight is 200 g/mol. The van der Waals surface area contributed by atoms with Crippen molar-refractivity contribution in [2.75, 3.05) is 53.2 Å². The second kappa shape index (κ2) is 5.07. The summed E-state index contributed by atoms with van der Waals surface area (Å²) in [6.07, 6.45) is 1.44. The van der Waals surface area contributed by atoms with Gasteiger partial charge in [-0.1, -0.05) is 0 Å². The lowest BCUT2D eigenvalue weighted by molar-refractivity contribution is -0.145. The van der Waals surface area contributed by atoms with Crippen molar-refractivity contribution < 1.29 is 9.47 Å². The van der Waals surface area contributed by atoms with E-state index in [0.29, 0.717) is 12.9 Å². The Labute approximate surface area is 85.8 Å². The number of hydrogen-bond donors (Lipinski definition) is 0. The van der Waals surface area contributed by atoms with Crippen molar-refractivity contribution >= 4 is 0 Å². The Kier molecular flexibility index (Phi) is 3.75. The van der Waals surface area contributed by atoms with Crippen molar-refractivity contribution in [1.82, 2.24) is 9.80 Å². The molecule has 0 aromatic carbocycles. The molecule has 0 amide bonds. The highest BCUT2D eigenvalue weighted by Crippen LogP contribution is 2.09. The molecule has 0 aliphatic carbocycles. The zero-order valence-corrected chi connectivity index (χ0v) is 8.95. The monoisotopic (exact) mass is 200 g/mol. The summed E-state index contributed by atoms with van der Waals surface area (Å²) in [6.45, 7) is 7.15. The molecule has 82 valence electrons. The Morgan fingerprint density at radius 1 is 1.21 bits per heavy atom. The quantitative estimate of drug-likeness (QED) is 0.626. The van der Waals surface area contributed by atoms with Gasteiger partial charge in [-0.3, -0.25) is 4.90 Å². The maximum atomic E-state index is 5.53. The van der Waals surface area contributed by atoms with E-state index in [-0.39, 0.29) is 0 Å². The van der Waals surface area contributed by atoms with Gasteiger partial charge in [0.05, 0.1) is 12.7 Å². The molecule has 0 aromatic rings. The van der Waals surface area contributed by atoms with Crippen LogP contribution >= 0.6 is 0 Å². The second-order valence-electron chi connectivity index (χ2n) is 4.21. The molecule has 2 fully saturated rings. The van der Waals surface area contributed by atoms with Crippen LogP contribution in [0.1, 0.15) is 6.42 Å². The molecular formula is C10H20N2O2. The lowest BCUT2D eigenvalue weighted by Gasteiger charge is -2.35. The number of ether oxygens (including phenoxy) is 2. The molecule has 4 heteroatoms. The minimum Gasteiger partial charge on any atom is -0.355 e. The van der Waals surface area contributed by atoms with Crippen molar-refractivity contribution in [3.05, 3.63) is 0 Å². The Bertz CT molecular complexity index is 164. The van der Waals surface area contributed by atoms with E-state index in [1.165, 1.54) is 26.2 Å². The van der Waals surface area contributed by atoms with E-state index in [9.17, 15) is 0 Å². The van der Waals surface area contributed by atoms with Gasteiger partial charge >= 0.3 is 0 Å². The van der Waals surface area contributed by atoms with E-state index in [1.807, 2.05) is 0 Å². The van der Waals surface area contributed by atoms with Gasteiger partial charge in [0.15, 0.2) is 0 Å². The summed E-state index contributed by atoms with van der Waals surface area (Å²) in [6, 6.07) is 0. The summed E-state index contributed by atoms with van der Waals surface area (Å²) in [4.78, 5) is 4.87. The van der Waals surface area contributed by atoms with Crippen LogP contribution in [0.4, 0.5) is 0 Å². The van der Waals surface area contributed by atoms with Crippen LogP contribution in [0.15, 0.2) is 0 Å². The zero-order valence-electron chi connectivity index (χ0n) is 8.95. The largest absolute Gasteiger partial charge is 0.355 e. The molecule has 1 unspecified atom stereocenters. The Morgan fingerprint density at radius 3 is 2.64 bits per heavy atom. The van der Waals surface area contributed by atoms with Crippen LogP contribution in [-0.2, 0) is 9.47 Å². The molecule has 1 atom stereocenters. The highest BCUT2D eigenvalue weighted by Gasteiger charge is 2.20. The summed E-state index contributed by atoms with van der Waals surface area (Å²) in [5.41, 5.74) is 0. The van der Waals surface area contributed by atoms with Crippen LogP contribution in [0.5, 0.6) is 0 Å². The van der Waals surface area contributed by atoms with Gasteiger partial charge < -0.3 is 14.4 Å². The summed E-state index contributed by atoms with van der Waals surface area (Å²) in [5.74, 6) is 0. The SMILES string of the molecule is CN1CCN(CC2CCOCO2)CC1. The number of rotatable bonds is 2. The van der Waals surface area contributed by atoms with Crippen molar-refractivity contribution in [1.29, 1.82) is 0 Å². The lowest BCUT2D eigenvalue weighted by Crippen LogP contribution is -2.48. The standard InChI is InChI=1S/C10H20N2O2/c1-11-3-5-12(6-4-11)8-10-2-7-13-9-14-10/h10H,2-9H2,1H3. The first-order chi connectivity index (χ1) is 6.84. The molecule has 0 radical (unpaired) electrons. The maximum absolute atomic E-state index is 5.53. The highest BCUT2D eigenvalue weighted by molar-refractivity contribution is 4.73. The highest BCUT2D eigenvalue weighted by atomic mass is 16.7. The van der Waals surface area contributed by atoms with E-state index in [2.05, 4.69) is 16.8 Å². The molecular weight excluding hydrogens is 180 g/mol. The van der Waals surface area contributed by atoms with Crippen LogP contribution in [0.2, 0.25) is 0 Å². The van der Waals surface area contributed by atoms with E-state index >= 15 is 0 Å². The molecule has 4 nitrogen and oxygen atoms in total. The maximum Gasteiger partial charge on any atom is 0.147 e. The van der Waals surface area contributed by atoms with Crippen LogP contribution < -0.4 is 0 Å². The average Bonchev–Trinajstić information content (AvgIpc) is 2.23. The van der Waals surface area contributed by atoms with Gasteiger partial charge in [0.25, 0.3) is 0 Å². The van der Waals surface area contributed by atoms with Crippen LogP contribution in [-0.4, -0.2) is 69.1 Å². The number of hydrogen-bond acceptors (Lipinski definition) is 4. The fourth-order valence-electron chi connectivity index (χ4n) is 1.96. The molecule has 2 aliphatic rings. The molecule has 2 rings (SSSR count). The lowest BCUT2D eigenvalue weighted by atomic mass is 10.2. The molecule has 0 bridgehead atoms. The molecule has 0 saturated carbocycles. The summed E-state index contributed by atoms with van der Waals surface area (Å²) >= 11 is 0. The molecule has 2 saturated heterocycles. The first kappa shape index (κ1) is 10.4. The van der Waals surface area contributed by atoms with Crippen molar-refractivity contribution in [2.24, 2.45) is 0 Å². The van der Waals surface area contributed by atoms with Gasteiger partial charge in [-0.05, 0) is 13.5 Å². The van der Waals surface area contributed by atoms with E-state index in [4.69, 9.17) is 9.47 Å². The number of nitrogens with zero attached hydrogens (tertiary/aromatic N) is 2. The van der Waals surface area contributed by atoms with E-state index in [0.717, 1.165) is 19.6 Å². The predicted molar refractivity (Wildman–Crippen MR) is 54.2 cm³/mol. The van der Waals surface area contributed by atoms with Crippen LogP contribution in [0.25, 0.3) is 0 Å². The van der Waals surface area contributed by atoms with E-state index < -0.39 is 0 Å².